The number of carbonyl (C=O) groups excluding carboxylic acids is 2. The van der Waals surface area contributed by atoms with Crippen molar-refractivity contribution in [3.63, 3.8) is 0 Å². The van der Waals surface area contributed by atoms with Crippen molar-refractivity contribution in [1.82, 2.24) is 10.2 Å². The molecule has 1 saturated carbocycles. The quantitative estimate of drug-likeness (QED) is 0.734. The molecule has 0 aromatic carbocycles. The predicted octanol–water partition coefficient (Wildman–Crippen LogP) is 0.512. The minimum absolute atomic E-state index is 0.0957. The van der Waals surface area contributed by atoms with E-state index in [9.17, 15) is 14.9 Å². The van der Waals surface area contributed by atoms with Crippen LogP contribution in [0.1, 0.15) is 44.9 Å². The highest BCUT2D eigenvalue weighted by Gasteiger charge is 2.48. The minimum atomic E-state index is -0.699. The molecule has 1 atom stereocenters. The molecule has 124 valence electrons. The van der Waals surface area contributed by atoms with Crippen molar-refractivity contribution in [3.8, 4) is 6.07 Å². The normalized spacial score (nSPS) is 28.0. The van der Waals surface area contributed by atoms with E-state index in [0.29, 0.717) is 31.9 Å². The Bertz CT molecular complexity index is 566. The summed E-state index contributed by atoms with van der Waals surface area (Å²) in [5.74, 6) is -0.716. The molecule has 3 aliphatic rings. The van der Waals surface area contributed by atoms with Crippen molar-refractivity contribution in [2.75, 3.05) is 13.1 Å². The van der Waals surface area contributed by atoms with Crippen molar-refractivity contribution in [3.05, 3.63) is 0 Å². The number of nitriles is 1. The Kier molecular flexibility index (Phi) is 4.24. The molecule has 23 heavy (non-hydrogen) atoms. The molecule has 0 aromatic rings. The molecule has 0 unspecified atom stereocenters. The van der Waals surface area contributed by atoms with Gasteiger partial charge in [-0.3, -0.25) is 14.9 Å². The zero-order valence-electron chi connectivity index (χ0n) is 13.3. The van der Waals surface area contributed by atoms with Crippen LogP contribution in [-0.2, 0) is 9.59 Å². The lowest BCUT2D eigenvalue weighted by molar-refractivity contribution is -0.125. The van der Waals surface area contributed by atoms with Crippen molar-refractivity contribution < 1.29 is 9.59 Å². The number of hydrogen-bond donors (Lipinski definition) is 2. The number of hydrogen-bond acceptors (Lipinski definition) is 5. The van der Waals surface area contributed by atoms with Crippen LogP contribution >= 0.6 is 0 Å². The van der Waals surface area contributed by atoms with E-state index in [1.54, 1.807) is 0 Å². The van der Waals surface area contributed by atoms with Crippen LogP contribution in [0.4, 0.5) is 0 Å². The summed E-state index contributed by atoms with van der Waals surface area (Å²) in [7, 11) is 0. The third-order valence-corrected chi connectivity index (χ3v) is 5.41. The summed E-state index contributed by atoms with van der Waals surface area (Å²) >= 11 is 0. The number of carbonyl (C=O) groups is 2. The second kappa shape index (κ2) is 6.19. The van der Waals surface area contributed by atoms with Gasteiger partial charge < -0.3 is 10.6 Å². The van der Waals surface area contributed by atoms with Crippen LogP contribution in [0.3, 0.4) is 0 Å². The molecule has 2 aliphatic heterocycles. The van der Waals surface area contributed by atoms with Gasteiger partial charge in [0, 0.05) is 19.0 Å². The van der Waals surface area contributed by atoms with Crippen molar-refractivity contribution >= 4 is 17.8 Å². The zero-order chi connectivity index (χ0) is 16.4. The Balaban J connectivity index is 1.81. The van der Waals surface area contributed by atoms with Gasteiger partial charge in [-0.05, 0) is 25.7 Å². The number of rotatable bonds is 1. The zero-order valence-corrected chi connectivity index (χ0v) is 13.3. The minimum Gasteiger partial charge on any atom is -0.369 e. The van der Waals surface area contributed by atoms with Crippen LogP contribution < -0.4 is 11.1 Å². The fourth-order valence-electron chi connectivity index (χ4n) is 4.00. The molecule has 2 amide bonds. The lowest BCUT2D eigenvalue weighted by atomic mass is 9.72. The highest BCUT2D eigenvalue weighted by Crippen LogP contribution is 2.40. The highest BCUT2D eigenvalue weighted by molar-refractivity contribution is 6.02. The number of guanidine groups is 1. The van der Waals surface area contributed by atoms with E-state index in [1.165, 1.54) is 0 Å². The highest BCUT2D eigenvalue weighted by atomic mass is 16.2. The number of primary amides is 1. The van der Waals surface area contributed by atoms with Gasteiger partial charge >= 0.3 is 0 Å². The summed E-state index contributed by atoms with van der Waals surface area (Å²) < 4.78 is 0. The maximum Gasteiger partial charge on any atom is 0.246 e. The molecule has 2 fully saturated rings. The Hall–Kier alpha value is -2.10. The van der Waals surface area contributed by atoms with Gasteiger partial charge in [0.2, 0.25) is 17.8 Å². The van der Waals surface area contributed by atoms with Gasteiger partial charge in [-0.15, -0.1) is 0 Å². The Morgan fingerprint density at radius 2 is 1.96 bits per heavy atom. The smallest absolute Gasteiger partial charge is 0.246 e. The van der Waals surface area contributed by atoms with E-state index < -0.39 is 11.5 Å². The largest absolute Gasteiger partial charge is 0.369 e. The predicted molar refractivity (Wildman–Crippen MR) is 84.0 cm³/mol. The fraction of sp³-hybridized carbons (Fsp3) is 0.750. The fourth-order valence-corrected chi connectivity index (χ4v) is 4.00. The van der Waals surface area contributed by atoms with Gasteiger partial charge in [0.1, 0.15) is 0 Å². The van der Waals surface area contributed by atoms with Crippen molar-refractivity contribution in [1.29, 1.82) is 5.26 Å². The second-order valence-electron chi connectivity index (χ2n) is 6.81. The molecule has 1 spiro atoms. The lowest BCUT2D eigenvalue weighted by Gasteiger charge is -2.43. The van der Waals surface area contributed by atoms with Crippen molar-refractivity contribution in [2.45, 2.75) is 50.5 Å². The summed E-state index contributed by atoms with van der Waals surface area (Å²) in [6, 6.07) is 2.16. The molecule has 7 heteroatoms. The van der Waals surface area contributed by atoms with Crippen LogP contribution in [0.15, 0.2) is 4.99 Å². The van der Waals surface area contributed by atoms with Crippen molar-refractivity contribution in [2.24, 2.45) is 22.6 Å². The van der Waals surface area contributed by atoms with Gasteiger partial charge in [-0.2, -0.15) is 5.26 Å². The number of nitrogens with two attached hydrogens (primary N) is 1. The first kappa shape index (κ1) is 15.8. The molecule has 1 saturated heterocycles. The van der Waals surface area contributed by atoms with Crippen LogP contribution in [0, 0.1) is 23.2 Å². The topological polar surface area (TPSA) is 112 Å². The lowest BCUT2D eigenvalue weighted by Crippen LogP contribution is -2.59. The average molecular weight is 317 g/mol. The third kappa shape index (κ3) is 2.90. The number of aliphatic imine (C=N–C) groups is 1. The number of likely N-dealkylation sites (tertiary alicyclic amines) is 1. The van der Waals surface area contributed by atoms with Gasteiger partial charge in [0.25, 0.3) is 0 Å². The molecule has 3 rings (SSSR count). The third-order valence-electron chi connectivity index (χ3n) is 5.41. The van der Waals surface area contributed by atoms with E-state index in [1.807, 2.05) is 4.90 Å². The van der Waals surface area contributed by atoms with E-state index in [-0.39, 0.29) is 17.7 Å². The molecule has 0 bridgehead atoms. The van der Waals surface area contributed by atoms with Gasteiger partial charge in [0.05, 0.1) is 11.6 Å². The average Bonchev–Trinajstić information content (AvgIpc) is 2.55. The number of nitrogens with one attached hydrogen (secondary N) is 1. The van der Waals surface area contributed by atoms with Gasteiger partial charge in [-0.1, -0.05) is 19.3 Å². The summed E-state index contributed by atoms with van der Waals surface area (Å²) in [6.07, 6.45) is 6.09. The molecular formula is C16H23N5O2. The first-order chi connectivity index (χ1) is 11.1. The maximum absolute atomic E-state index is 12.4. The van der Waals surface area contributed by atoms with Crippen LogP contribution in [0.2, 0.25) is 0 Å². The monoisotopic (exact) mass is 317 g/mol. The Labute approximate surface area is 135 Å². The SMILES string of the molecule is N#C[C@@H]1C(=O)NC(N2CCC(C(N)=O)CC2)=NC12CCCCC2. The van der Waals surface area contributed by atoms with Gasteiger partial charge in [0.15, 0.2) is 5.92 Å². The molecule has 1 aliphatic carbocycles. The van der Waals surface area contributed by atoms with Crippen LogP contribution in [0.5, 0.6) is 0 Å². The maximum atomic E-state index is 12.4. The summed E-state index contributed by atoms with van der Waals surface area (Å²) in [6.45, 7) is 1.31. The summed E-state index contributed by atoms with van der Waals surface area (Å²) in [4.78, 5) is 30.5. The summed E-state index contributed by atoms with van der Waals surface area (Å²) in [5, 5.41) is 12.2. The van der Waals surface area contributed by atoms with Crippen LogP contribution in [-0.4, -0.2) is 41.3 Å². The van der Waals surface area contributed by atoms with E-state index >= 15 is 0 Å². The number of nitrogens with zero attached hydrogens (tertiary/aromatic N) is 3. The Morgan fingerprint density at radius 3 is 2.52 bits per heavy atom. The van der Waals surface area contributed by atoms with E-state index in [2.05, 4.69) is 11.4 Å². The standard InChI is InChI=1S/C16H23N5O2/c17-10-12-14(23)19-15(20-16(12)6-2-1-3-7-16)21-8-4-11(5-9-21)13(18)22/h11-12H,1-9H2,(H2,18,22)(H,19,20,23)/t12-/m1/s1. The molecule has 3 N–H and O–H groups in total. The number of piperidine rings is 1. The molecule has 7 nitrogen and oxygen atoms in total. The number of amides is 2. The molecule has 2 heterocycles. The first-order valence-electron chi connectivity index (χ1n) is 8.40. The first-order valence-corrected chi connectivity index (χ1v) is 8.40. The van der Waals surface area contributed by atoms with Gasteiger partial charge in [-0.25, -0.2) is 4.99 Å². The summed E-state index contributed by atoms with van der Waals surface area (Å²) in [5.41, 5.74) is 4.80. The van der Waals surface area contributed by atoms with E-state index in [4.69, 9.17) is 10.7 Å². The molecular weight excluding hydrogens is 294 g/mol. The second-order valence-corrected chi connectivity index (χ2v) is 6.81. The van der Waals surface area contributed by atoms with E-state index in [0.717, 1.165) is 32.1 Å². The molecule has 0 radical (unpaired) electrons. The van der Waals surface area contributed by atoms with Crippen LogP contribution in [0.25, 0.3) is 0 Å². The molecule has 0 aromatic heterocycles. The Morgan fingerprint density at radius 1 is 1.30 bits per heavy atom.